The molecule has 0 aliphatic carbocycles. The first-order valence-corrected chi connectivity index (χ1v) is 11.3. The fraction of sp³-hybridized carbons (Fsp3) is 0.182. The summed E-state index contributed by atoms with van der Waals surface area (Å²) in [5.74, 6) is -0.539. The molecule has 1 atom stereocenters. The molecule has 0 saturated carbocycles. The van der Waals surface area contributed by atoms with Crippen LogP contribution in [-0.2, 0) is 9.53 Å². The Morgan fingerprint density at radius 1 is 1.18 bits per heavy atom. The van der Waals surface area contributed by atoms with Crippen molar-refractivity contribution >= 4 is 35.4 Å². The van der Waals surface area contributed by atoms with E-state index in [4.69, 9.17) is 20.8 Å². The molecule has 2 amide bonds. The van der Waals surface area contributed by atoms with Gasteiger partial charge in [-0.3, -0.25) is 0 Å². The number of carbonyl (C=O) groups excluding carboxylic acids is 2. The van der Waals surface area contributed by atoms with Crippen LogP contribution in [0.3, 0.4) is 0 Å². The maximum atomic E-state index is 13.1. The highest BCUT2D eigenvalue weighted by atomic mass is 35.5. The predicted octanol–water partition coefficient (Wildman–Crippen LogP) is 4.49. The summed E-state index contributed by atoms with van der Waals surface area (Å²) >= 11 is 7.12. The lowest BCUT2D eigenvalue weighted by atomic mass is 9.95. The van der Waals surface area contributed by atoms with Crippen LogP contribution in [0.25, 0.3) is 11.5 Å². The van der Waals surface area contributed by atoms with Crippen molar-refractivity contribution in [1.29, 1.82) is 0 Å². The number of rotatable bonds is 7. The molecule has 3 aromatic rings. The molecule has 170 valence electrons. The third kappa shape index (κ3) is 5.35. The second kappa shape index (κ2) is 10.1. The molecule has 11 heteroatoms. The van der Waals surface area contributed by atoms with Crippen LogP contribution < -0.4 is 10.6 Å². The first kappa shape index (κ1) is 22.8. The van der Waals surface area contributed by atoms with Crippen molar-refractivity contribution in [2.75, 3.05) is 12.4 Å². The Bertz CT molecular complexity index is 1200. The second-order valence-corrected chi connectivity index (χ2v) is 8.23. The SMILES string of the molecule is CCOC(=O)C1=C(CSc2nnc(-c3ccc(F)cc3)o2)NC(=O)NC1c1ccc(Cl)cc1. The van der Waals surface area contributed by atoms with Crippen LogP contribution >= 0.6 is 23.4 Å². The van der Waals surface area contributed by atoms with Gasteiger partial charge in [0, 0.05) is 22.0 Å². The van der Waals surface area contributed by atoms with Crippen molar-refractivity contribution in [2.24, 2.45) is 0 Å². The molecule has 1 aliphatic heterocycles. The minimum absolute atomic E-state index is 0.163. The van der Waals surface area contributed by atoms with E-state index in [1.54, 1.807) is 31.2 Å². The molecule has 1 aliphatic rings. The number of nitrogens with one attached hydrogen (secondary N) is 2. The highest BCUT2D eigenvalue weighted by Gasteiger charge is 2.34. The Balaban J connectivity index is 1.60. The van der Waals surface area contributed by atoms with Gasteiger partial charge in [0.25, 0.3) is 5.22 Å². The number of esters is 1. The Labute approximate surface area is 197 Å². The topological polar surface area (TPSA) is 106 Å². The number of benzene rings is 2. The van der Waals surface area contributed by atoms with Crippen LogP contribution in [0.1, 0.15) is 18.5 Å². The molecule has 0 spiro atoms. The van der Waals surface area contributed by atoms with E-state index in [1.807, 2.05) is 0 Å². The van der Waals surface area contributed by atoms with Crippen molar-refractivity contribution in [3.8, 4) is 11.5 Å². The maximum Gasteiger partial charge on any atom is 0.338 e. The molecule has 1 aromatic heterocycles. The van der Waals surface area contributed by atoms with Crippen LogP contribution in [0.2, 0.25) is 5.02 Å². The van der Waals surface area contributed by atoms with E-state index in [-0.39, 0.29) is 34.9 Å². The summed E-state index contributed by atoms with van der Waals surface area (Å²) < 4.78 is 24.0. The Morgan fingerprint density at radius 2 is 1.91 bits per heavy atom. The van der Waals surface area contributed by atoms with Gasteiger partial charge < -0.3 is 19.8 Å². The highest BCUT2D eigenvalue weighted by Crippen LogP contribution is 2.31. The summed E-state index contributed by atoms with van der Waals surface area (Å²) in [6.07, 6.45) is 0. The zero-order chi connectivity index (χ0) is 23.4. The van der Waals surface area contributed by atoms with Gasteiger partial charge in [0.1, 0.15) is 5.82 Å². The zero-order valence-electron chi connectivity index (χ0n) is 17.3. The molecule has 0 bridgehead atoms. The monoisotopic (exact) mass is 488 g/mol. The molecule has 0 radical (unpaired) electrons. The molecule has 0 fully saturated rings. The number of aromatic nitrogens is 2. The van der Waals surface area contributed by atoms with Crippen molar-refractivity contribution in [3.05, 3.63) is 76.2 Å². The van der Waals surface area contributed by atoms with Gasteiger partial charge in [0.2, 0.25) is 5.89 Å². The van der Waals surface area contributed by atoms with Crippen LogP contribution in [0, 0.1) is 5.82 Å². The summed E-state index contributed by atoms with van der Waals surface area (Å²) in [5.41, 5.74) is 1.88. The average Bonchev–Trinajstić information content (AvgIpc) is 3.27. The highest BCUT2D eigenvalue weighted by molar-refractivity contribution is 7.99. The first-order valence-electron chi connectivity index (χ1n) is 9.90. The summed E-state index contributed by atoms with van der Waals surface area (Å²) in [6, 6.07) is 11.3. The molecule has 2 N–H and O–H groups in total. The molecule has 2 heterocycles. The molecule has 4 rings (SSSR count). The number of hydrogen-bond acceptors (Lipinski definition) is 7. The van der Waals surface area contributed by atoms with Crippen molar-refractivity contribution < 1.29 is 23.1 Å². The maximum absolute atomic E-state index is 13.1. The van der Waals surface area contributed by atoms with E-state index >= 15 is 0 Å². The Morgan fingerprint density at radius 3 is 2.61 bits per heavy atom. The number of hydrogen-bond donors (Lipinski definition) is 2. The lowest BCUT2D eigenvalue weighted by Crippen LogP contribution is -2.46. The number of thioether (sulfide) groups is 1. The number of carbonyl (C=O) groups is 2. The van der Waals surface area contributed by atoms with E-state index in [2.05, 4.69) is 20.8 Å². The van der Waals surface area contributed by atoms with Crippen LogP contribution in [-0.4, -0.2) is 34.6 Å². The number of urea groups is 1. The largest absolute Gasteiger partial charge is 0.463 e. The van der Waals surface area contributed by atoms with Gasteiger partial charge in [0.15, 0.2) is 0 Å². The molecule has 1 unspecified atom stereocenters. The number of nitrogens with zero attached hydrogens (tertiary/aromatic N) is 2. The standard InChI is InChI=1S/C22H18ClFN4O4S/c1-2-31-20(29)17-16(25-21(30)26-18(17)12-3-7-14(23)8-4-12)11-33-22-28-27-19(32-22)13-5-9-15(24)10-6-13/h3-10,18H,2,11H2,1H3,(H2,25,26,30). The Hall–Kier alpha value is -3.37. The molecule has 8 nitrogen and oxygen atoms in total. The van der Waals surface area contributed by atoms with Gasteiger partial charge in [-0.2, -0.15) is 0 Å². The van der Waals surface area contributed by atoms with E-state index < -0.39 is 18.0 Å². The van der Waals surface area contributed by atoms with Gasteiger partial charge in [-0.1, -0.05) is 35.5 Å². The first-order chi connectivity index (χ1) is 15.9. The molecule has 33 heavy (non-hydrogen) atoms. The van der Waals surface area contributed by atoms with Gasteiger partial charge in [0.05, 0.1) is 18.2 Å². The fourth-order valence-corrected chi connectivity index (χ4v) is 4.06. The van der Waals surface area contributed by atoms with E-state index in [9.17, 15) is 14.0 Å². The summed E-state index contributed by atoms with van der Waals surface area (Å²) in [4.78, 5) is 25.2. The number of ether oxygens (including phenoxy) is 1. The molecular weight excluding hydrogens is 471 g/mol. The van der Waals surface area contributed by atoms with Gasteiger partial charge >= 0.3 is 12.0 Å². The minimum Gasteiger partial charge on any atom is -0.463 e. The smallest absolute Gasteiger partial charge is 0.338 e. The van der Waals surface area contributed by atoms with Crippen LogP contribution in [0.5, 0.6) is 0 Å². The van der Waals surface area contributed by atoms with E-state index in [1.165, 1.54) is 24.3 Å². The van der Waals surface area contributed by atoms with Crippen molar-refractivity contribution in [1.82, 2.24) is 20.8 Å². The van der Waals surface area contributed by atoms with Crippen LogP contribution in [0.15, 0.2) is 69.4 Å². The van der Waals surface area contributed by atoms with Crippen LogP contribution in [0.4, 0.5) is 9.18 Å². The lowest BCUT2D eigenvalue weighted by Gasteiger charge is -2.29. The Kier molecular flexibility index (Phi) is 6.95. The summed E-state index contributed by atoms with van der Waals surface area (Å²) in [6.45, 7) is 1.88. The quantitative estimate of drug-likeness (QED) is 0.372. The number of halogens is 2. The number of amides is 2. The average molecular weight is 489 g/mol. The molecular formula is C22H18ClFN4O4S. The minimum atomic E-state index is -0.719. The van der Waals surface area contributed by atoms with E-state index in [0.717, 1.165) is 11.8 Å². The van der Waals surface area contributed by atoms with Gasteiger partial charge in [-0.05, 0) is 48.9 Å². The summed E-state index contributed by atoms with van der Waals surface area (Å²) in [5, 5.41) is 14.1. The lowest BCUT2D eigenvalue weighted by molar-refractivity contribution is -0.139. The normalized spacial score (nSPS) is 15.7. The van der Waals surface area contributed by atoms with Crippen molar-refractivity contribution in [2.45, 2.75) is 18.2 Å². The third-order valence-electron chi connectivity index (χ3n) is 4.69. The predicted molar refractivity (Wildman–Crippen MR) is 120 cm³/mol. The van der Waals surface area contributed by atoms with Gasteiger partial charge in [-0.25, -0.2) is 14.0 Å². The summed E-state index contributed by atoms with van der Waals surface area (Å²) in [7, 11) is 0. The second-order valence-electron chi connectivity index (χ2n) is 6.86. The van der Waals surface area contributed by atoms with Crippen molar-refractivity contribution in [3.63, 3.8) is 0 Å². The fourth-order valence-electron chi connectivity index (χ4n) is 3.20. The third-order valence-corrected chi connectivity index (χ3v) is 5.79. The zero-order valence-corrected chi connectivity index (χ0v) is 18.9. The molecule has 0 saturated heterocycles. The van der Waals surface area contributed by atoms with Gasteiger partial charge in [-0.15, -0.1) is 10.2 Å². The molecule has 2 aromatic carbocycles. The van der Waals surface area contributed by atoms with E-state index in [0.29, 0.717) is 21.8 Å².